The number of hydrogen-bond acceptors (Lipinski definition) is 2. The van der Waals surface area contributed by atoms with Gasteiger partial charge in [-0.05, 0) is 37.1 Å². The van der Waals surface area contributed by atoms with Gasteiger partial charge in [0.15, 0.2) is 0 Å². The summed E-state index contributed by atoms with van der Waals surface area (Å²) in [4.78, 5) is 0. The third kappa shape index (κ3) is 4.52. The average molecular weight is 213 g/mol. The quantitative estimate of drug-likeness (QED) is 0.758. The van der Waals surface area contributed by atoms with Crippen molar-refractivity contribution in [2.24, 2.45) is 17.8 Å². The van der Waals surface area contributed by atoms with Crippen LogP contribution in [0.4, 0.5) is 0 Å². The summed E-state index contributed by atoms with van der Waals surface area (Å²) in [5.41, 5.74) is 0. The summed E-state index contributed by atoms with van der Waals surface area (Å²) >= 11 is 0. The summed E-state index contributed by atoms with van der Waals surface area (Å²) in [7, 11) is 0. The van der Waals surface area contributed by atoms with Gasteiger partial charge in [-0.2, -0.15) is 0 Å². The Morgan fingerprint density at radius 2 is 1.73 bits per heavy atom. The Bertz CT molecular complexity index is 164. The zero-order valence-corrected chi connectivity index (χ0v) is 10.8. The maximum atomic E-state index is 5.41. The molecule has 0 radical (unpaired) electrons. The van der Waals surface area contributed by atoms with Crippen LogP contribution in [0.15, 0.2) is 0 Å². The normalized spacial score (nSPS) is 23.0. The van der Waals surface area contributed by atoms with Crippen LogP contribution < -0.4 is 5.32 Å². The van der Waals surface area contributed by atoms with E-state index >= 15 is 0 Å². The van der Waals surface area contributed by atoms with Gasteiger partial charge >= 0.3 is 0 Å². The molecule has 0 aliphatic carbocycles. The number of rotatable bonds is 5. The predicted molar refractivity (Wildman–Crippen MR) is 65.0 cm³/mol. The maximum absolute atomic E-state index is 5.41. The highest BCUT2D eigenvalue weighted by molar-refractivity contribution is 4.75. The lowest BCUT2D eigenvalue weighted by Gasteiger charge is -2.32. The summed E-state index contributed by atoms with van der Waals surface area (Å²) in [6.45, 7) is 12.3. The highest BCUT2D eigenvalue weighted by Crippen LogP contribution is 2.28. The standard InChI is InChI=1S/C13H27NO/c1-10(2)14-9-11(3)12(4)13-5-7-15-8-6-13/h10-14H,5-9H2,1-4H3. The third-order valence-electron chi connectivity index (χ3n) is 3.76. The predicted octanol–water partition coefficient (Wildman–Crippen LogP) is 2.68. The number of nitrogens with one attached hydrogen (secondary N) is 1. The van der Waals surface area contributed by atoms with E-state index in [2.05, 4.69) is 33.0 Å². The molecule has 2 heteroatoms. The largest absolute Gasteiger partial charge is 0.381 e. The van der Waals surface area contributed by atoms with E-state index in [0.29, 0.717) is 6.04 Å². The first-order valence-corrected chi connectivity index (χ1v) is 6.42. The van der Waals surface area contributed by atoms with Gasteiger partial charge < -0.3 is 10.1 Å². The van der Waals surface area contributed by atoms with Gasteiger partial charge in [-0.1, -0.05) is 27.7 Å². The van der Waals surface area contributed by atoms with Crippen molar-refractivity contribution in [2.45, 2.75) is 46.6 Å². The second-order valence-electron chi connectivity index (χ2n) is 5.35. The van der Waals surface area contributed by atoms with Gasteiger partial charge in [0.1, 0.15) is 0 Å². The second-order valence-corrected chi connectivity index (χ2v) is 5.35. The minimum Gasteiger partial charge on any atom is -0.381 e. The van der Waals surface area contributed by atoms with Gasteiger partial charge in [0, 0.05) is 19.3 Å². The van der Waals surface area contributed by atoms with Crippen LogP contribution in [-0.4, -0.2) is 25.8 Å². The molecular weight excluding hydrogens is 186 g/mol. The average Bonchev–Trinajstić information content (AvgIpc) is 2.26. The molecule has 1 rings (SSSR count). The minimum absolute atomic E-state index is 0.606. The minimum atomic E-state index is 0.606. The molecule has 1 saturated heterocycles. The molecule has 0 aromatic heterocycles. The molecule has 2 unspecified atom stereocenters. The van der Waals surface area contributed by atoms with Gasteiger partial charge in [-0.25, -0.2) is 0 Å². The molecule has 1 aliphatic heterocycles. The van der Waals surface area contributed by atoms with Crippen molar-refractivity contribution in [3.8, 4) is 0 Å². The van der Waals surface area contributed by atoms with Crippen molar-refractivity contribution in [3.05, 3.63) is 0 Å². The van der Waals surface area contributed by atoms with E-state index in [1.807, 2.05) is 0 Å². The fraction of sp³-hybridized carbons (Fsp3) is 1.00. The molecule has 90 valence electrons. The molecular formula is C13H27NO. The lowest BCUT2D eigenvalue weighted by molar-refractivity contribution is 0.0396. The Kier molecular flexibility index (Phi) is 5.62. The van der Waals surface area contributed by atoms with Crippen LogP contribution in [0.3, 0.4) is 0 Å². The van der Waals surface area contributed by atoms with Crippen LogP contribution in [0, 0.1) is 17.8 Å². The highest BCUT2D eigenvalue weighted by Gasteiger charge is 2.24. The molecule has 0 amide bonds. The van der Waals surface area contributed by atoms with E-state index in [1.54, 1.807) is 0 Å². The van der Waals surface area contributed by atoms with Crippen LogP contribution in [-0.2, 0) is 4.74 Å². The van der Waals surface area contributed by atoms with Crippen LogP contribution in [0.1, 0.15) is 40.5 Å². The van der Waals surface area contributed by atoms with Gasteiger partial charge in [0.05, 0.1) is 0 Å². The summed E-state index contributed by atoms with van der Waals surface area (Å²) in [5.74, 6) is 2.47. The fourth-order valence-corrected chi connectivity index (χ4v) is 2.31. The molecule has 0 spiro atoms. The third-order valence-corrected chi connectivity index (χ3v) is 3.76. The van der Waals surface area contributed by atoms with Crippen molar-refractivity contribution in [1.82, 2.24) is 5.32 Å². The van der Waals surface area contributed by atoms with E-state index < -0.39 is 0 Å². The molecule has 1 fully saturated rings. The SMILES string of the molecule is CC(C)NCC(C)C(C)C1CCOCC1. The lowest BCUT2D eigenvalue weighted by Crippen LogP contribution is -2.34. The van der Waals surface area contributed by atoms with Gasteiger partial charge in [0.25, 0.3) is 0 Å². The Balaban J connectivity index is 2.27. The van der Waals surface area contributed by atoms with Crippen LogP contribution in [0.2, 0.25) is 0 Å². The molecule has 1 N–H and O–H groups in total. The molecule has 1 aliphatic rings. The Morgan fingerprint density at radius 1 is 1.13 bits per heavy atom. The summed E-state index contributed by atoms with van der Waals surface area (Å²) in [6, 6.07) is 0.606. The first-order valence-electron chi connectivity index (χ1n) is 6.42. The van der Waals surface area contributed by atoms with Crippen LogP contribution in [0.5, 0.6) is 0 Å². The van der Waals surface area contributed by atoms with Crippen molar-refractivity contribution < 1.29 is 4.74 Å². The topological polar surface area (TPSA) is 21.3 Å². The molecule has 0 aromatic carbocycles. The Labute approximate surface area is 94.8 Å². The van der Waals surface area contributed by atoms with Crippen molar-refractivity contribution >= 4 is 0 Å². The van der Waals surface area contributed by atoms with Gasteiger partial charge in [-0.15, -0.1) is 0 Å². The Hall–Kier alpha value is -0.0800. The Morgan fingerprint density at radius 3 is 2.27 bits per heavy atom. The molecule has 2 atom stereocenters. The van der Waals surface area contributed by atoms with E-state index in [4.69, 9.17) is 4.74 Å². The van der Waals surface area contributed by atoms with E-state index in [9.17, 15) is 0 Å². The smallest absolute Gasteiger partial charge is 0.0468 e. The van der Waals surface area contributed by atoms with E-state index in [0.717, 1.165) is 37.5 Å². The molecule has 0 bridgehead atoms. The van der Waals surface area contributed by atoms with Gasteiger partial charge in [0.2, 0.25) is 0 Å². The van der Waals surface area contributed by atoms with Crippen LogP contribution in [0.25, 0.3) is 0 Å². The van der Waals surface area contributed by atoms with E-state index in [-0.39, 0.29) is 0 Å². The first kappa shape index (κ1) is 13.0. The van der Waals surface area contributed by atoms with Crippen LogP contribution >= 0.6 is 0 Å². The fourth-order valence-electron chi connectivity index (χ4n) is 2.31. The summed E-state index contributed by atoms with van der Waals surface area (Å²) in [5, 5.41) is 3.53. The summed E-state index contributed by atoms with van der Waals surface area (Å²) in [6.07, 6.45) is 2.51. The monoisotopic (exact) mass is 213 g/mol. The zero-order valence-electron chi connectivity index (χ0n) is 10.8. The highest BCUT2D eigenvalue weighted by atomic mass is 16.5. The molecule has 0 saturated carbocycles. The van der Waals surface area contributed by atoms with E-state index in [1.165, 1.54) is 12.8 Å². The maximum Gasteiger partial charge on any atom is 0.0468 e. The van der Waals surface area contributed by atoms with Crippen molar-refractivity contribution in [2.75, 3.05) is 19.8 Å². The number of hydrogen-bond donors (Lipinski definition) is 1. The van der Waals surface area contributed by atoms with Crippen molar-refractivity contribution in [1.29, 1.82) is 0 Å². The molecule has 0 aromatic rings. The molecule has 15 heavy (non-hydrogen) atoms. The lowest BCUT2D eigenvalue weighted by atomic mass is 9.79. The number of ether oxygens (including phenoxy) is 1. The first-order chi connectivity index (χ1) is 7.11. The summed E-state index contributed by atoms with van der Waals surface area (Å²) < 4.78 is 5.41. The second kappa shape index (κ2) is 6.49. The van der Waals surface area contributed by atoms with Crippen molar-refractivity contribution in [3.63, 3.8) is 0 Å². The van der Waals surface area contributed by atoms with Gasteiger partial charge in [-0.3, -0.25) is 0 Å². The molecule has 1 heterocycles. The zero-order chi connectivity index (χ0) is 11.3. The molecule has 2 nitrogen and oxygen atoms in total.